The Kier molecular flexibility index (Phi) is 8.52. The Balaban J connectivity index is 1.68. The highest BCUT2D eigenvalue weighted by Gasteiger charge is 2.36. The molecule has 0 spiro atoms. The second-order valence-corrected chi connectivity index (χ2v) is 9.24. The molecule has 1 aromatic heterocycles. The lowest BCUT2D eigenvalue weighted by atomic mass is 9.97. The summed E-state index contributed by atoms with van der Waals surface area (Å²) in [6.45, 7) is 0.250. The van der Waals surface area contributed by atoms with Crippen molar-refractivity contribution in [2.75, 3.05) is 41.0 Å². The van der Waals surface area contributed by atoms with Crippen LogP contribution in [0.2, 0.25) is 0 Å². The molecular formula is C27H28FN3O5S. The summed E-state index contributed by atoms with van der Waals surface area (Å²) in [6.07, 6.45) is 0.270. The highest BCUT2D eigenvalue weighted by Crippen LogP contribution is 2.37. The second-order valence-electron chi connectivity index (χ2n) is 8.29. The van der Waals surface area contributed by atoms with Gasteiger partial charge in [-0.05, 0) is 29.6 Å². The number of amides is 2. The monoisotopic (exact) mass is 525 g/mol. The van der Waals surface area contributed by atoms with Crippen molar-refractivity contribution in [3.8, 4) is 11.5 Å². The summed E-state index contributed by atoms with van der Waals surface area (Å²) in [5.41, 5.74) is 1.58. The summed E-state index contributed by atoms with van der Waals surface area (Å²) in [5, 5.41) is 7.70. The number of rotatable bonds is 10. The van der Waals surface area contributed by atoms with Gasteiger partial charge in [0.05, 0.1) is 37.5 Å². The fourth-order valence-electron chi connectivity index (χ4n) is 4.17. The molecule has 0 radical (unpaired) electrons. The van der Waals surface area contributed by atoms with Gasteiger partial charge in [0.25, 0.3) is 11.8 Å². The maximum atomic E-state index is 14.9. The van der Waals surface area contributed by atoms with Crippen molar-refractivity contribution >= 4 is 28.9 Å². The standard InChI is InChI=1S/C27H28FN3O5S/c1-34-13-12-30(27(33)25-9-6-14-37-25)17-26(32)31-23(19-7-4-5-8-21(19)28)16-22(29-31)20-11-10-18(35-2)15-24(20)36-3/h4-11,14-15,23H,12-13,16-17H2,1-3H3/t23-/m0/s1. The summed E-state index contributed by atoms with van der Waals surface area (Å²) >= 11 is 1.30. The SMILES string of the molecule is COCCN(CC(=O)N1N=C(c2ccc(OC)cc2OC)C[C@H]1c1ccccc1F)C(=O)c1cccs1. The van der Waals surface area contributed by atoms with Gasteiger partial charge in [-0.2, -0.15) is 5.10 Å². The van der Waals surface area contributed by atoms with E-state index < -0.39 is 17.8 Å². The van der Waals surface area contributed by atoms with E-state index in [0.29, 0.717) is 33.2 Å². The van der Waals surface area contributed by atoms with E-state index in [9.17, 15) is 14.0 Å². The number of hydrazone groups is 1. The lowest BCUT2D eigenvalue weighted by Crippen LogP contribution is -2.42. The van der Waals surface area contributed by atoms with Crippen molar-refractivity contribution in [1.82, 2.24) is 9.91 Å². The highest BCUT2D eigenvalue weighted by molar-refractivity contribution is 7.12. The number of hydrogen-bond acceptors (Lipinski definition) is 7. The van der Waals surface area contributed by atoms with Crippen LogP contribution in [0, 0.1) is 5.82 Å². The van der Waals surface area contributed by atoms with Gasteiger partial charge in [0.2, 0.25) is 0 Å². The largest absolute Gasteiger partial charge is 0.497 e. The summed E-state index contributed by atoms with van der Waals surface area (Å²) in [6, 6.07) is 14.4. The molecule has 0 unspecified atom stereocenters. The highest BCUT2D eigenvalue weighted by atomic mass is 32.1. The Morgan fingerprint density at radius 1 is 1.11 bits per heavy atom. The number of thiophene rings is 1. The van der Waals surface area contributed by atoms with E-state index in [4.69, 9.17) is 14.2 Å². The van der Waals surface area contributed by atoms with Gasteiger partial charge in [-0.15, -0.1) is 11.3 Å². The number of nitrogens with zero attached hydrogens (tertiary/aromatic N) is 3. The van der Waals surface area contributed by atoms with E-state index in [2.05, 4.69) is 5.10 Å². The van der Waals surface area contributed by atoms with Gasteiger partial charge < -0.3 is 19.1 Å². The van der Waals surface area contributed by atoms with Gasteiger partial charge in [-0.25, -0.2) is 9.40 Å². The topological polar surface area (TPSA) is 80.7 Å². The molecule has 2 heterocycles. The first-order valence-corrected chi connectivity index (χ1v) is 12.5. The Morgan fingerprint density at radius 3 is 2.59 bits per heavy atom. The van der Waals surface area contributed by atoms with Crippen LogP contribution in [0.25, 0.3) is 0 Å². The molecule has 2 aromatic carbocycles. The van der Waals surface area contributed by atoms with Crippen molar-refractivity contribution in [3.05, 3.63) is 81.8 Å². The van der Waals surface area contributed by atoms with Crippen LogP contribution in [0.1, 0.15) is 33.3 Å². The van der Waals surface area contributed by atoms with Gasteiger partial charge in [0.1, 0.15) is 23.9 Å². The van der Waals surface area contributed by atoms with E-state index in [-0.39, 0.29) is 32.0 Å². The number of carbonyl (C=O) groups excluding carboxylic acids is 2. The van der Waals surface area contributed by atoms with E-state index in [1.807, 2.05) is 0 Å². The van der Waals surface area contributed by atoms with Crippen LogP contribution in [0.3, 0.4) is 0 Å². The molecule has 0 fully saturated rings. The van der Waals surface area contributed by atoms with Crippen molar-refractivity contribution in [2.45, 2.75) is 12.5 Å². The third-order valence-electron chi connectivity index (χ3n) is 6.06. The third kappa shape index (κ3) is 5.81. The Morgan fingerprint density at radius 2 is 1.92 bits per heavy atom. The van der Waals surface area contributed by atoms with Gasteiger partial charge in [-0.1, -0.05) is 24.3 Å². The number of halogens is 1. The van der Waals surface area contributed by atoms with E-state index in [1.165, 1.54) is 41.5 Å². The quantitative estimate of drug-likeness (QED) is 0.393. The van der Waals surface area contributed by atoms with Gasteiger partial charge in [0.15, 0.2) is 0 Å². The number of hydrogen-bond donors (Lipinski definition) is 0. The smallest absolute Gasteiger partial charge is 0.264 e. The normalized spacial score (nSPS) is 14.9. The van der Waals surface area contributed by atoms with E-state index in [1.54, 1.807) is 61.0 Å². The number of carbonyl (C=O) groups is 2. The molecule has 0 bridgehead atoms. The van der Waals surface area contributed by atoms with Crippen LogP contribution in [0.5, 0.6) is 11.5 Å². The molecule has 37 heavy (non-hydrogen) atoms. The predicted molar refractivity (Wildman–Crippen MR) is 139 cm³/mol. The Hall–Kier alpha value is -3.76. The molecule has 1 aliphatic heterocycles. The molecule has 3 aromatic rings. The molecule has 8 nitrogen and oxygen atoms in total. The summed E-state index contributed by atoms with van der Waals surface area (Å²) in [7, 11) is 4.63. The predicted octanol–water partition coefficient (Wildman–Crippen LogP) is 4.37. The molecule has 1 atom stereocenters. The summed E-state index contributed by atoms with van der Waals surface area (Å²) in [5.74, 6) is -0.0120. The van der Waals surface area contributed by atoms with Crippen LogP contribution in [-0.4, -0.2) is 68.5 Å². The Bertz CT molecular complexity index is 1280. The van der Waals surface area contributed by atoms with Gasteiger partial charge >= 0.3 is 0 Å². The zero-order valence-corrected chi connectivity index (χ0v) is 21.7. The first-order chi connectivity index (χ1) is 18.0. The van der Waals surface area contributed by atoms with Crippen LogP contribution in [0.15, 0.2) is 65.1 Å². The minimum atomic E-state index is -0.684. The zero-order chi connectivity index (χ0) is 26.4. The fraction of sp³-hybridized carbons (Fsp3) is 0.296. The average molecular weight is 526 g/mol. The number of methoxy groups -OCH3 is 3. The van der Waals surface area contributed by atoms with Crippen molar-refractivity contribution in [3.63, 3.8) is 0 Å². The lowest BCUT2D eigenvalue weighted by molar-refractivity contribution is -0.133. The maximum Gasteiger partial charge on any atom is 0.264 e. The van der Waals surface area contributed by atoms with Crippen LogP contribution in [-0.2, 0) is 9.53 Å². The van der Waals surface area contributed by atoms with E-state index in [0.717, 1.165) is 0 Å². The van der Waals surface area contributed by atoms with Crippen molar-refractivity contribution in [1.29, 1.82) is 0 Å². The molecule has 0 saturated carbocycles. The van der Waals surface area contributed by atoms with Crippen LogP contribution < -0.4 is 9.47 Å². The van der Waals surface area contributed by atoms with E-state index >= 15 is 0 Å². The molecule has 10 heteroatoms. The molecular weight excluding hydrogens is 497 g/mol. The molecule has 0 saturated heterocycles. The van der Waals surface area contributed by atoms with Gasteiger partial charge in [0, 0.05) is 37.3 Å². The molecule has 194 valence electrons. The number of benzene rings is 2. The fourth-order valence-corrected chi connectivity index (χ4v) is 4.86. The zero-order valence-electron chi connectivity index (χ0n) is 20.8. The molecule has 0 aliphatic carbocycles. The van der Waals surface area contributed by atoms with Crippen LogP contribution >= 0.6 is 11.3 Å². The minimum Gasteiger partial charge on any atom is -0.497 e. The third-order valence-corrected chi connectivity index (χ3v) is 6.92. The first-order valence-electron chi connectivity index (χ1n) is 11.6. The molecule has 4 rings (SSSR count). The molecule has 1 aliphatic rings. The number of ether oxygens (including phenoxy) is 3. The lowest BCUT2D eigenvalue weighted by Gasteiger charge is -2.26. The summed E-state index contributed by atoms with van der Waals surface area (Å²) in [4.78, 5) is 28.7. The van der Waals surface area contributed by atoms with Crippen molar-refractivity contribution < 1.29 is 28.2 Å². The first kappa shape index (κ1) is 26.3. The molecule has 2 amide bonds. The van der Waals surface area contributed by atoms with Crippen LogP contribution in [0.4, 0.5) is 4.39 Å². The second kappa shape index (κ2) is 12.0. The molecule has 0 N–H and O–H groups in total. The average Bonchev–Trinajstić information content (AvgIpc) is 3.61. The minimum absolute atomic E-state index is 0.222. The van der Waals surface area contributed by atoms with Crippen molar-refractivity contribution in [2.24, 2.45) is 5.10 Å². The Labute approximate surface area is 218 Å². The maximum absolute atomic E-state index is 14.9. The summed E-state index contributed by atoms with van der Waals surface area (Å²) < 4.78 is 30.9. The van der Waals surface area contributed by atoms with Gasteiger partial charge in [-0.3, -0.25) is 9.59 Å².